The lowest BCUT2D eigenvalue weighted by atomic mass is 10.1. The second-order valence-electron chi connectivity index (χ2n) is 5.53. The van der Waals surface area contributed by atoms with Gasteiger partial charge in [0.05, 0.1) is 7.11 Å². The summed E-state index contributed by atoms with van der Waals surface area (Å²) in [5, 5.41) is 9.55. The number of hydrogen-bond acceptors (Lipinski definition) is 3. The first-order chi connectivity index (χ1) is 10.3. The molecule has 0 saturated carbocycles. The maximum atomic E-state index is 9.55. The Morgan fingerprint density at radius 3 is 2.33 bits per heavy atom. The van der Waals surface area contributed by atoms with E-state index in [0.717, 1.165) is 5.75 Å². The number of hydrogen-bond donors (Lipinski definition) is 1. The van der Waals surface area contributed by atoms with Crippen molar-refractivity contribution in [1.82, 2.24) is 0 Å². The fourth-order valence-corrected chi connectivity index (χ4v) is 3.31. The molecule has 1 aromatic carbocycles. The number of thioether (sulfide) groups is 1. The van der Waals surface area contributed by atoms with Crippen LogP contribution in [0.4, 0.5) is 0 Å². The number of ether oxygens (including phenoxy) is 1. The van der Waals surface area contributed by atoms with Crippen LogP contribution in [0.15, 0.2) is 18.2 Å². The van der Waals surface area contributed by atoms with Gasteiger partial charge in [-0.3, -0.25) is 0 Å². The third-order valence-electron chi connectivity index (χ3n) is 3.66. The van der Waals surface area contributed by atoms with E-state index in [2.05, 4.69) is 6.92 Å². The number of benzene rings is 1. The van der Waals surface area contributed by atoms with E-state index in [4.69, 9.17) is 4.74 Å². The van der Waals surface area contributed by atoms with Gasteiger partial charge in [0.15, 0.2) is 11.5 Å². The first kappa shape index (κ1) is 18.2. The van der Waals surface area contributed by atoms with Gasteiger partial charge in [0.1, 0.15) is 0 Å². The molecular weight excluding hydrogens is 280 g/mol. The summed E-state index contributed by atoms with van der Waals surface area (Å²) in [6, 6.07) is 5.61. The average molecular weight is 311 g/mol. The molecule has 21 heavy (non-hydrogen) atoms. The Balaban J connectivity index is 2.01. The predicted molar refractivity (Wildman–Crippen MR) is 93.4 cm³/mol. The molecule has 0 aliphatic carbocycles. The van der Waals surface area contributed by atoms with Crippen LogP contribution in [-0.2, 0) is 5.75 Å². The molecule has 0 unspecified atom stereocenters. The first-order valence-electron chi connectivity index (χ1n) is 8.21. The summed E-state index contributed by atoms with van der Waals surface area (Å²) >= 11 is 1.97. The molecule has 1 rings (SSSR count). The van der Waals surface area contributed by atoms with Gasteiger partial charge in [0.25, 0.3) is 0 Å². The van der Waals surface area contributed by atoms with Crippen molar-refractivity contribution >= 4 is 11.8 Å². The lowest BCUT2D eigenvalue weighted by molar-refractivity contribution is 0.373. The van der Waals surface area contributed by atoms with Crippen molar-refractivity contribution in [2.45, 2.75) is 64.0 Å². The average Bonchev–Trinajstić information content (AvgIpc) is 2.50. The topological polar surface area (TPSA) is 29.5 Å². The molecule has 0 aromatic heterocycles. The standard InChI is InChI=1S/C18H30O2S/c1-3-4-5-6-7-8-9-10-13-21-15-16-11-12-17(19)18(14-16)20-2/h11-12,14,19H,3-10,13,15H2,1-2H3. The number of aromatic hydroxyl groups is 1. The largest absolute Gasteiger partial charge is 0.504 e. The van der Waals surface area contributed by atoms with Gasteiger partial charge < -0.3 is 9.84 Å². The molecule has 2 nitrogen and oxygen atoms in total. The van der Waals surface area contributed by atoms with Gasteiger partial charge in [-0.1, -0.05) is 57.9 Å². The Kier molecular flexibility index (Phi) is 10.2. The van der Waals surface area contributed by atoms with E-state index >= 15 is 0 Å². The number of phenols is 1. The van der Waals surface area contributed by atoms with Crippen molar-refractivity contribution in [2.24, 2.45) is 0 Å². The Hall–Kier alpha value is -0.830. The van der Waals surface area contributed by atoms with Gasteiger partial charge >= 0.3 is 0 Å². The highest BCUT2D eigenvalue weighted by Crippen LogP contribution is 2.28. The summed E-state index contributed by atoms with van der Waals surface area (Å²) < 4.78 is 5.13. The summed E-state index contributed by atoms with van der Waals surface area (Å²) in [7, 11) is 1.59. The van der Waals surface area contributed by atoms with Gasteiger partial charge in [-0.15, -0.1) is 0 Å². The van der Waals surface area contributed by atoms with Crippen molar-refractivity contribution in [2.75, 3.05) is 12.9 Å². The highest BCUT2D eigenvalue weighted by Gasteiger charge is 2.02. The SMILES string of the molecule is CCCCCCCCCCSCc1ccc(O)c(OC)c1. The molecule has 1 aromatic rings. The zero-order chi connectivity index (χ0) is 15.3. The van der Waals surface area contributed by atoms with Crippen molar-refractivity contribution < 1.29 is 9.84 Å². The van der Waals surface area contributed by atoms with Crippen LogP contribution in [0.1, 0.15) is 63.9 Å². The van der Waals surface area contributed by atoms with Crippen LogP contribution < -0.4 is 4.74 Å². The zero-order valence-electron chi connectivity index (χ0n) is 13.6. The smallest absolute Gasteiger partial charge is 0.160 e. The minimum atomic E-state index is 0.217. The van der Waals surface area contributed by atoms with E-state index in [0.29, 0.717) is 5.75 Å². The van der Waals surface area contributed by atoms with Crippen molar-refractivity contribution in [3.05, 3.63) is 23.8 Å². The van der Waals surface area contributed by atoms with Gasteiger partial charge in [-0.25, -0.2) is 0 Å². The normalized spacial score (nSPS) is 10.8. The maximum Gasteiger partial charge on any atom is 0.160 e. The molecule has 0 bridgehead atoms. The fourth-order valence-electron chi connectivity index (χ4n) is 2.34. The Bertz CT molecular complexity index is 379. The second-order valence-corrected chi connectivity index (χ2v) is 6.64. The molecule has 1 N–H and O–H groups in total. The Labute approximate surface area is 134 Å². The summed E-state index contributed by atoms with van der Waals surface area (Å²) in [5.41, 5.74) is 1.22. The molecule has 0 amide bonds. The molecule has 120 valence electrons. The highest BCUT2D eigenvalue weighted by molar-refractivity contribution is 7.98. The molecule has 0 saturated heterocycles. The highest BCUT2D eigenvalue weighted by atomic mass is 32.2. The summed E-state index contributed by atoms with van der Waals surface area (Å²) in [6.45, 7) is 2.26. The van der Waals surface area contributed by atoms with Crippen LogP contribution in [0.3, 0.4) is 0 Å². The van der Waals surface area contributed by atoms with Crippen LogP contribution >= 0.6 is 11.8 Å². The third-order valence-corrected chi connectivity index (χ3v) is 4.77. The van der Waals surface area contributed by atoms with Gasteiger partial charge in [0.2, 0.25) is 0 Å². The molecule has 3 heteroatoms. The van der Waals surface area contributed by atoms with Crippen molar-refractivity contribution in [3.8, 4) is 11.5 Å². The number of methoxy groups -OCH3 is 1. The summed E-state index contributed by atoms with van der Waals surface area (Å²) in [4.78, 5) is 0. The molecule has 0 atom stereocenters. The fraction of sp³-hybridized carbons (Fsp3) is 0.667. The second kappa shape index (κ2) is 11.8. The number of phenolic OH excluding ortho intramolecular Hbond substituents is 1. The quantitative estimate of drug-likeness (QED) is 0.497. The Morgan fingerprint density at radius 1 is 1.00 bits per heavy atom. The molecule has 0 spiro atoms. The monoisotopic (exact) mass is 310 g/mol. The third kappa shape index (κ3) is 8.25. The predicted octanol–water partition coefficient (Wildman–Crippen LogP) is 5.77. The molecule has 0 aliphatic heterocycles. The lowest BCUT2D eigenvalue weighted by Crippen LogP contribution is -1.88. The van der Waals surface area contributed by atoms with Crippen LogP contribution in [-0.4, -0.2) is 18.0 Å². The van der Waals surface area contributed by atoms with Gasteiger partial charge in [0, 0.05) is 5.75 Å². The Morgan fingerprint density at radius 2 is 1.67 bits per heavy atom. The van der Waals surface area contributed by atoms with E-state index in [1.165, 1.54) is 62.7 Å². The summed E-state index contributed by atoms with van der Waals surface area (Å²) in [6.07, 6.45) is 11.0. The first-order valence-corrected chi connectivity index (χ1v) is 9.37. The zero-order valence-corrected chi connectivity index (χ0v) is 14.4. The van der Waals surface area contributed by atoms with Gasteiger partial charge in [-0.05, 0) is 29.9 Å². The minimum absolute atomic E-state index is 0.217. The molecule has 0 aliphatic rings. The van der Waals surface area contributed by atoms with Crippen LogP contribution in [0, 0.1) is 0 Å². The summed E-state index contributed by atoms with van der Waals surface area (Å²) in [5.74, 6) is 3.00. The number of rotatable bonds is 12. The maximum absolute atomic E-state index is 9.55. The lowest BCUT2D eigenvalue weighted by Gasteiger charge is -2.06. The van der Waals surface area contributed by atoms with Crippen LogP contribution in [0.5, 0.6) is 11.5 Å². The number of unbranched alkanes of at least 4 members (excludes halogenated alkanes) is 7. The molecule has 0 radical (unpaired) electrons. The molecule has 0 heterocycles. The minimum Gasteiger partial charge on any atom is -0.504 e. The van der Waals surface area contributed by atoms with Crippen molar-refractivity contribution in [1.29, 1.82) is 0 Å². The van der Waals surface area contributed by atoms with E-state index < -0.39 is 0 Å². The van der Waals surface area contributed by atoms with Crippen molar-refractivity contribution in [3.63, 3.8) is 0 Å². The van der Waals surface area contributed by atoms with Crippen LogP contribution in [0.25, 0.3) is 0 Å². The van der Waals surface area contributed by atoms with E-state index in [-0.39, 0.29) is 5.75 Å². The molecule has 0 fully saturated rings. The van der Waals surface area contributed by atoms with Crippen LogP contribution in [0.2, 0.25) is 0 Å². The molecular formula is C18H30O2S. The van der Waals surface area contributed by atoms with E-state index in [1.54, 1.807) is 13.2 Å². The van der Waals surface area contributed by atoms with E-state index in [1.807, 2.05) is 23.9 Å². The van der Waals surface area contributed by atoms with Gasteiger partial charge in [-0.2, -0.15) is 11.8 Å². The van der Waals surface area contributed by atoms with E-state index in [9.17, 15) is 5.11 Å².